The Balaban J connectivity index is 2.95. The maximum atomic E-state index is 10.5. The van der Waals surface area contributed by atoms with E-state index in [4.69, 9.17) is 5.11 Å². The fourth-order valence-corrected chi connectivity index (χ4v) is 0.796. The molecule has 1 heterocycles. The fraction of sp³-hybridized carbons (Fsp3) is 0.143. The number of carbonyl (C=O) groups is 1. The van der Waals surface area contributed by atoms with Crippen molar-refractivity contribution in [1.82, 2.24) is 10.2 Å². The molecule has 0 bridgehead atoms. The normalized spacial score (nSPS) is 9.45. The summed E-state index contributed by atoms with van der Waals surface area (Å²) in [6.45, 7) is 3.49. The predicted molar refractivity (Wildman–Crippen MR) is 39.4 cm³/mol. The molecule has 4 heteroatoms. The summed E-state index contributed by atoms with van der Waals surface area (Å²) in [7, 11) is 0. The summed E-state index contributed by atoms with van der Waals surface area (Å²) in [4.78, 5) is 10.5. The molecule has 0 radical (unpaired) electrons. The van der Waals surface area contributed by atoms with Gasteiger partial charge in [-0.1, -0.05) is 6.08 Å². The Morgan fingerprint density at radius 2 is 2.64 bits per heavy atom. The minimum Gasteiger partial charge on any atom is -0.478 e. The van der Waals surface area contributed by atoms with E-state index in [-0.39, 0.29) is 5.56 Å². The minimum atomic E-state index is -0.962. The van der Waals surface area contributed by atoms with Crippen molar-refractivity contribution in [2.45, 2.75) is 6.42 Å². The zero-order chi connectivity index (χ0) is 8.27. The van der Waals surface area contributed by atoms with Crippen LogP contribution in [0.15, 0.2) is 18.9 Å². The molecular weight excluding hydrogens is 144 g/mol. The van der Waals surface area contributed by atoms with Crippen LogP contribution in [-0.4, -0.2) is 21.3 Å². The summed E-state index contributed by atoms with van der Waals surface area (Å²) >= 11 is 0. The third-order valence-corrected chi connectivity index (χ3v) is 1.29. The summed E-state index contributed by atoms with van der Waals surface area (Å²) in [6.07, 6.45) is 3.45. The number of aromatic nitrogens is 2. The highest BCUT2D eigenvalue weighted by molar-refractivity contribution is 5.88. The summed E-state index contributed by atoms with van der Waals surface area (Å²) in [6, 6.07) is 0. The predicted octanol–water partition coefficient (Wildman–Crippen LogP) is 0.836. The SMILES string of the molecule is C=CCc1n[nH]cc1C(=O)O. The summed E-state index contributed by atoms with van der Waals surface area (Å²) in [5.41, 5.74) is 0.734. The average Bonchev–Trinajstić information content (AvgIpc) is 2.36. The lowest BCUT2D eigenvalue weighted by molar-refractivity contribution is 0.0696. The first kappa shape index (κ1) is 7.53. The molecule has 0 saturated heterocycles. The first-order valence-electron chi connectivity index (χ1n) is 3.12. The van der Waals surface area contributed by atoms with E-state index in [0.29, 0.717) is 12.1 Å². The van der Waals surface area contributed by atoms with Gasteiger partial charge in [0.05, 0.1) is 5.69 Å². The van der Waals surface area contributed by atoms with E-state index in [1.807, 2.05) is 0 Å². The van der Waals surface area contributed by atoms with Gasteiger partial charge in [-0.2, -0.15) is 5.10 Å². The molecule has 1 aromatic rings. The molecule has 1 aromatic heterocycles. The van der Waals surface area contributed by atoms with Crippen molar-refractivity contribution in [3.8, 4) is 0 Å². The highest BCUT2D eigenvalue weighted by Crippen LogP contribution is 2.04. The van der Waals surface area contributed by atoms with E-state index in [0.717, 1.165) is 0 Å². The second-order valence-corrected chi connectivity index (χ2v) is 2.04. The molecule has 11 heavy (non-hydrogen) atoms. The Bertz CT molecular complexity index is 278. The second kappa shape index (κ2) is 3.01. The topological polar surface area (TPSA) is 66.0 Å². The van der Waals surface area contributed by atoms with E-state index in [1.165, 1.54) is 6.20 Å². The van der Waals surface area contributed by atoms with Gasteiger partial charge in [0.25, 0.3) is 0 Å². The van der Waals surface area contributed by atoms with Crippen molar-refractivity contribution in [3.05, 3.63) is 30.1 Å². The Hall–Kier alpha value is -1.58. The molecule has 0 amide bonds. The van der Waals surface area contributed by atoms with Crippen molar-refractivity contribution < 1.29 is 9.90 Å². The standard InChI is InChI=1S/C7H8N2O2/c1-2-3-6-5(7(10)11)4-8-9-6/h2,4H,1,3H2,(H,8,9)(H,10,11). The number of rotatable bonds is 3. The van der Waals surface area contributed by atoms with Gasteiger partial charge in [0.15, 0.2) is 0 Å². The first-order chi connectivity index (χ1) is 5.25. The van der Waals surface area contributed by atoms with Gasteiger partial charge in [-0.15, -0.1) is 6.58 Å². The average molecular weight is 152 g/mol. The molecule has 1 rings (SSSR count). The molecule has 0 spiro atoms. The van der Waals surface area contributed by atoms with Gasteiger partial charge >= 0.3 is 5.97 Å². The Kier molecular flexibility index (Phi) is 2.06. The Labute approximate surface area is 63.6 Å². The molecule has 0 aliphatic rings. The number of hydrogen-bond donors (Lipinski definition) is 2. The van der Waals surface area contributed by atoms with E-state index in [1.54, 1.807) is 6.08 Å². The number of carboxylic acids is 1. The first-order valence-corrected chi connectivity index (χ1v) is 3.12. The van der Waals surface area contributed by atoms with Gasteiger partial charge in [-0.25, -0.2) is 4.79 Å². The zero-order valence-electron chi connectivity index (χ0n) is 5.87. The van der Waals surface area contributed by atoms with E-state index in [2.05, 4.69) is 16.8 Å². The number of H-pyrrole nitrogens is 1. The lowest BCUT2D eigenvalue weighted by Gasteiger charge is -1.90. The summed E-state index contributed by atoms with van der Waals surface area (Å²) < 4.78 is 0. The van der Waals surface area contributed by atoms with Crippen molar-refractivity contribution in [2.24, 2.45) is 0 Å². The molecule has 0 aliphatic heterocycles. The largest absolute Gasteiger partial charge is 0.478 e. The van der Waals surface area contributed by atoms with Crippen molar-refractivity contribution in [3.63, 3.8) is 0 Å². The van der Waals surface area contributed by atoms with Crippen LogP contribution < -0.4 is 0 Å². The van der Waals surface area contributed by atoms with Crippen LogP contribution >= 0.6 is 0 Å². The summed E-state index contributed by atoms with van der Waals surface area (Å²) in [5.74, 6) is -0.962. The lowest BCUT2D eigenvalue weighted by Crippen LogP contribution is -1.98. The van der Waals surface area contributed by atoms with Gasteiger partial charge in [-0.05, 0) is 0 Å². The van der Waals surface area contributed by atoms with Gasteiger partial charge in [0.1, 0.15) is 5.56 Å². The van der Waals surface area contributed by atoms with Gasteiger partial charge in [0.2, 0.25) is 0 Å². The van der Waals surface area contributed by atoms with Crippen LogP contribution in [0, 0.1) is 0 Å². The molecule has 4 nitrogen and oxygen atoms in total. The monoisotopic (exact) mass is 152 g/mol. The smallest absolute Gasteiger partial charge is 0.339 e. The van der Waals surface area contributed by atoms with Crippen molar-refractivity contribution >= 4 is 5.97 Å². The molecule has 0 saturated carbocycles. The van der Waals surface area contributed by atoms with Crippen LogP contribution in [0.25, 0.3) is 0 Å². The van der Waals surface area contributed by atoms with Crippen LogP contribution in [0.5, 0.6) is 0 Å². The number of nitrogens with zero attached hydrogens (tertiary/aromatic N) is 1. The number of allylic oxidation sites excluding steroid dienone is 1. The highest BCUT2D eigenvalue weighted by atomic mass is 16.4. The van der Waals surface area contributed by atoms with Crippen LogP contribution in [-0.2, 0) is 6.42 Å². The third kappa shape index (κ3) is 1.46. The van der Waals surface area contributed by atoms with Crippen molar-refractivity contribution in [2.75, 3.05) is 0 Å². The fourth-order valence-electron chi connectivity index (χ4n) is 0.796. The number of carboxylic acid groups (broad SMARTS) is 1. The van der Waals surface area contributed by atoms with Crippen LogP contribution in [0.2, 0.25) is 0 Å². The van der Waals surface area contributed by atoms with Gasteiger partial charge in [-0.3, -0.25) is 5.10 Å². The van der Waals surface area contributed by atoms with E-state index >= 15 is 0 Å². The van der Waals surface area contributed by atoms with Crippen LogP contribution in [0.4, 0.5) is 0 Å². The quantitative estimate of drug-likeness (QED) is 0.630. The Morgan fingerprint density at radius 3 is 3.18 bits per heavy atom. The second-order valence-electron chi connectivity index (χ2n) is 2.04. The molecule has 0 aliphatic carbocycles. The zero-order valence-corrected chi connectivity index (χ0v) is 5.87. The van der Waals surface area contributed by atoms with Crippen LogP contribution in [0.3, 0.4) is 0 Å². The minimum absolute atomic E-state index is 0.213. The molecule has 2 N–H and O–H groups in total. The van der Waals surface area contributed by atoms with Crippen molar-refractivity contribution in [1.29, 1.82) is 0 Å². The molecule has 0 fully saturated rings. The number of aromatic amines is 1. The molecular formula is C7H8N2O2. The third-order valence-electron chi connectivity index (χ3n) is 1.29. The lowest BCUT2D eigenvalue weighted by atomic mass is 10.2. The molecule has 0 unspecified atom stereocenters. The van der Waals surface area contributed by atoms with Crippen LogP contribution in [0.1, 0.15) is 16.1 Å². The number of nitrogens with one attached hydrogen (secondary N) is 1. The molecule has 58 valence electrons. The van der Waals surface area contributed by atoms with E-state index in [9.17, 15) is 4.79 Å². The summed E-state index contributed by atoms with van der Waals surface area (Å²) in [5, 5.41) is 14.8. The van der Waals surface area contributed by atoms with E-state index < -0.39 is 5.97 Å². The molecule has 0 atom stereocenters. The highest BCUT2D eigenvalue weighted by Gasteiger charge is 2.10. The number of hydrogen-bond acceptors (Lipinski definition) is 2. The number of aromatic carboxylic acids is 1. The van der Waals surface area contributed by atoms with Gasteiger partial charge in [0, 0.05) is 12.6 Å². The maximum absolute atomic E-state index is 10.5. The Morgan fingerprint density at radius 1 is 1.91 bits per heavy atom. The maximum Gasteiger partial charge on any atom is 0.339 e. The molecule has 0 aromatic carbocycles. The van der Waals surface area contributed by atoms with Gasteiger partial charge < -0.3 is 5.11 Å².